The molecule has 4 nitrogen and oxygen atoms in total. The Morgan fingerprint density at radius 2 is 2.23 bits per heavy atom. The molecule has 0 aliphatic carbocycles. The van der Waals surface area contributed by atoms with Crippen LogP contribution in [-0.4, -0.2) is 48.1 Å². The summed E-state index contributed by atoms with van der Waals surface area (Å²) in [5.74, 6) is 0.483. The first kappa shape index (κ1) is 16.4. The predicted octanol–water partition coefficient (Wildman–Crippen LogP) is 3.35. The van der Waals surface area contributed by atoms with E-state index in [4.69, 9.17) is 11.6 Å². The third kappa shape index (κ3) is 4.10. The van der Waals surface area contributed by atoms with E-state index in [1.54, 1.807) is 0 Å². The van der Waals surface area contributed by atoms with Crippen molar-refractivity contribution in [3.8, 4) is 0 Å². The van der Waals surface area contributed by atoms with Crippen molar-refractivity contribution in [3.63, 3.8) is 0 Å². The number of halogens is 2. The molecule has 2 fully saturated rings. The van der Waals surface area contributed by atoms with Crippen LogP contribution in [-0.2, 0) is 0 Å². The van der Waals surface area contributed by atoms with E-state index in [2.05, 4.69) is 20.5 Å². The Labute approximate surface area is 140 Å². The summed E-state index contributed by atoms with van der Waals surface area (Å²) in [5, 5.41) is 6.36. The number of hydrogen-bond acceptors (Lipinski definition) is 5. The van der Waals surface area contributed by atoms with Gasteiger partial charge in [-0.05, 0) is 58.2 Å². The van der Waals surface area contributed by atoms with Gasteiger partial charge < -0.3 is 15.5 Å². The molecule has 2 saturated heterocycles. The molecule has 1 aromatic heterocycles. The highest BCUT2D eigenvalue weighted by molar-refractivity contribution is 7.15. The molecule has 22 heavy (non-hydrogen) atoms. The fourth-order valence-electron chi connectivity index (χ4n) is 3.69. The first-order chi connectivity index (χ1) is 10.7. The summed E-state index contributed by atoms with van der Waals surface area (Å²) >= 11 is 6.76. The zero-order chi connectivity index (χ0) is 15.4. The van der Waals surface area contributed by atoms with Crippen LogP contribution in [0.5, 0.6) is 0 Å². The van der Waals surface area contributed by atoms with E-state index in [0.717, 1.165) is 37.3 Å². The number of aromatic nitrogens is 1. The second-order valence-electron chi connectivity index (χ2n) is 6.41. The summed E-state index contributed by atoms with van der Waals surface area (Å²) in [6, 6.07) is 0. The highest BCUT2D eigenvalue weighted by Crippen LogP contribution is 2.30. The Morgan fingerprint density at radius 1 is 1.36 bits per heavy atom. The van der Waals surface area contributed by atoms with Crippen LogP contribution < -0.4 is 10.6 Å². The molecule has 1 aromatic rings. The first-order valence-corrected chi connectivity index (χ1v) is 9.39. The molecule has 124 valence electrons. The third-order valence-corrected chi connectivity index (χ3v) is 5.78. The SMILES string of the molecule is Fc1nc(NCCCCN2CCCC3(CCCN3)C2)c(Cl)s1. The Hall–Kier alpha value is -0.430. The molecular weight excluding hydrogens is 323 g/mol. The molecule has 1 unspecified atom stereocenters. The molecule has 0 radical (unpaired) electrons. The minimum absolute atomic E-state index is 0.405. The summed E-state index contributed by atoms with van der Waals surface area (Å²) in [6.45, 7) is 5.54. The second-order valence-corrected chi connectivity index (χ2v) is 7.96. The van der Waals surface area contributed by atoms with Gasteiger partial charge in [0.2, 0.25) is 0 Å². The van der Waals surface area contributed by atoms with Gasteiger partial charge in [-0.2, -0.15) is 9.37 Å². The normalized spacial score (nSPS) is 25.9. The maximum Gasteiger partial charge on any atom is 0.272 e. The van der Waals surface area contributed by atoms with Gasteiger partial charge in [0.15, 0.2) is 5.82 Å². The molecule has 2 N–H and O–H groups in total. The van der Waals surface area contributed by atoms with Crippen LogP contribution in [0.2, 0.25) is 4.34 Å². The Balaban J connectivity index is 1.34. The molecule has 0 aromatic carbocycles. The zero-order valence-electron chi connectivity index (χ0n) is 12.8. The maximum absolute atomic E-state index is 12.9. The Bertz CT molecular complexity index is 490. The van der Waals surface area contributed by atoms with Crippen molar-refractivity contribution in [3.05, 3.63) is 9.60 Å². The van der Waals surface area contributed by atoms with Gasteiger partial charge in [0.25, 0.3) is 5.26 Å². The largest absolute Gasteiger partial charge is 0.368 e. The highest BCUT2D eigenvalue weighted by Gasteiger charge is 2.37. The molecular formula is C15H24ClFN4S. The second kappa shape index (κ2) is 7.43. The molecule has 2 aliphatic heterocycles. The predicted molar refractivity (Wildman–Crippen MR) is 90.4 cm³/mol. The van der Waals surface area contributed by atoms with E-state index in [1.165, 1.54) is 45.3 Å². The van der Waals surface area contributed by atoms with Gasteiger partial charge in [-0.1, -0.05) is 22.9 Å². The van der Waals surface area contributed by atoms with Crippen LogP contribution in [0.4, 0.5) is 10.2 Å². The molecule has 0 bridgehead atoms. The van der Waals surface area contributed by atoms with Crippen LogP contribution >= 0.6 is 22.9 Å². The number of rotatable bonds is 6. The van der Waals surface area contributed by atoms with Crippen molar-refractivity contribution in [2.24, 2.45) is 0 Å². The van der Waals surface area contributed by atoms with Crippen molar-refractivity contribution in [2.45, 2.75) is 44.1 Å². The summed E-state index contributed by atoms with van der Waals surface area (Å²) in [4.78, 5) is 6.33. The van der Waals surface area contributed by atoms with E-state index >= 15 is 0 Å². The molecule has 1 spiro atoms. The lowest BCUT2D eigenvalue weighted by Crippen LogP contribution is -2.53. The topological polar surface area (TPSA) is 40.2 Å². The van der Waals surface area contributed by atoms with E-state index in [-0.39, 0.29) is 0 Å². The molecule has 0 saturated carbocycles. The number of nitrogens with zero attached hydrogens (tertiary/aromatic N) is 2. The Morgan fingerprint density at radius 3 is 2.95 bits per heavy atom. The summed E-state index contributed by atoms with van der Waals surface area (Å²) in [6.07, 6.45) is 7.49. The lowest BCUT2D eigenvalue weighted by molar-refractivity contribution is 0.133. The minimum Gasteiger partial charge on any atom is -0.368 e. The van der Waals surface area contributed by atoms with Crippen LogP contribution in [0.25, 0.3) is 0 Å². The summed E-state index contributed by atoms with van der Waals surface area (Å²) < 4.78 is 13.3. The van der Waals surface area contributed by atoms with Gasteiger partial charge in [0.05, 0.1) is 0 Å². The lowest BCUT2D eigenvalue weighted by Gasteiger charge is -2.40. The third-order valence-electron chi connectivity index (χ3n) is 4.74. The fraction of sp³-hybridized carbons (Fsp3) is 0.800. The maximum atomic E-state index is 12.9. The molecule has 3 heterocycles. The number of likely N-dealkylation sites (tertiary alicyclic amines) is 1. The highest BCUT2D eigenvalue weighted by atomic mass is 35.5. The average molecular weight is 347 g/mol. The standard InChI is InChI=1S/C15H24ClFN4S/c16-12-13(20-14(17)22-12)18-7-1-2-9-21-10-4-6-15(11-21)5-3-8-19-15/h18-19H,1-11H2. The smallest absolute Gasteiger partial charge is 0.272 e. The van der Waals surface area contributed by atoms with Gasteiger partial charge in [0.1, 0.15) is 4.34 Å². The first-order valence-electron chi connectivity index (χ1n) is 8.20. The number of unbranched alkanes of at least 4 members (excludes halogenated alkanes) is 1. The van der Waals surface area contributed by atoms with Crippen LogP contribution in [0.3, 0.4) is 0 Å². The van der Waals surface area contributed by atoms with Crippen molar-refractivity contribution in [2.75, 3.05) is 38.0 Å². The van der Waals surface area contributed by atoms with E-state index in [0.29, 0.717) is 15.7 Å². The van der Waals surface area contributed by atoms with Crippen molar-refractivity contribution < 1.29 is 4.39 Å². The van der Waals surface area contributed by atoms with Crippen LogP contribution in [0.15, 0.2) is 0 Å². The van der Waals surface area contributed by atoms with Gasteiger partial charge in [0, 0.05) is 18.6 Å². The molecule has 7 heteroatoms. The van der Waals surface area contributed by atoms with Gasteiger partial charge >= 0.3 is 0 Å². The van der Waals surface area contributed by atoms with Gasteiger partial charge in [-0.15, -0.1) is 0 Å². The quantitative estimate of drug-likeness (QED) is 0.775. The van der Waals surface area contributed by atoms with E-state index in [1.807, 2.05) is 0 Å². The number of piperidine rings is 1. The molecule has 3 rings (SSSR count). The zero-order valence-corrected chi connectivity index (χ0v) is 14.4. The summed E-state index contributed by atoms with van der Waals surface area (Å²) in [5.41, 5.74) is 0.405. The molecule has 1 atom stereocenters. The lowest BCUT2D eigenvalue weighted by atomic mass is 9.87. The van der Waals surface area contributed by atoms with E-state index < -0.39 is 5.26 Å². The Kier molecular flexibility index (Phi) is 5.55. The van der Waals surface area contributed by atoms with E-state index in [9.17, 15) is 4.39 Å². The van der Waals surface area contributed by atoms with Gasteiger partial charge in [-0.3, -0.25) is 0 Å². The molecule has 2 aliphatic rings. The molecule has 0 amide bonds. The number of nitrogens with one attached hydrogen (secondary N) is 2. The van der Waals surface area contributed by atoms with Crippen molar-refractivity contribution >= 4 is 28.8 Å². The number of hydrogen-bond donors (Lipinski definition) is 2. The number of anilines is 1. The average Bonchev–Trinajstić information content (AvgIpc) is 3.06. The van der Waals surface area contributed by atoms with Crippen molar-refractivity contribution in [1.29, 1.82) is 0 Å². The summed E-state index contributed by atoms with van der Waals surface area (Å²) in [7, 11) is 0. The monoisotopic (exact) mass is 346 g/mol. The van der Waals surface area contributed by atoms with Gasteiger partial charge in [-0.25, -0.2) is 0 Å². The van der Waals surface area contributed by atoms with Crippen LogP contribution in [0.1, 0.15) is 38.5 Å². The fourth-order valence-corrected chi connectivity index (χ4v) is 4.49. The number of thiazole rings is 1. The van der Waals surface area contributed by atoms with Crippen LogP contribution in [0, 0.1) is 5.26 Å². The van der Waals surface area contributed by atoms with Crippen molar-refractivity contribution in [1.82, 2.24) is 15.2 Å². The minimum atomic E-state index is -0.477.